The fourth-order valence-corrected chi connectivity index (χ4v) is 3.49. The number of para-hydroxylation sites is 1. The molecule has 1 N–H and O–H groups in total. The first-order valence-electron chi connectivity index (χ1n) is 6.79. The van der Waals surface area contributed by atoms with Crippen LogP contribution in [0.1, 0.15) is 15.9 Å². The van der Waals surface area contributed by atoms with Crippen molar-refractivity contribution in [3.05, 3.63) is 59.9 Å². The zero-order valence-corrected chi connectivity index (χ0v) is 13.0. The summed E-state index contributed by atoms with van der Waals surface area (Å²) in [4.78, 5) is 19.3. The zero-order chi connectivity index (χ0) is 16.4. The van der Waals surface area contributed by atoms with Gasteiger partial charge in [0.05, 0.1) is 11.2 Å². The SMILES string of the molecule is Cc1ccc(C=O)c(NS(=O)(=O)c2cccc3nccnc23)c1. The van der Waals surface area contributed by atoms with Gasteiger partial charge in [0.15, 0.2) is 6.29 Å². The van der Waals surface area contributed by atoms with Crippen LogP contribution in [-0.4, -0.2) is 24.7 Å². The van der Waals surface area contributed by atoms with Gasteiger partial charge in [0.1, 0.15) is 10.4 Å². The standard InChI is InChI=1S/C16H13N3O3S/c1-11-5-6-12(10-20)14(9-11)19-23(21,22)15-4-2-3-13-16(15)18-8-7-17-13/h2-10,19H,1H3. The topological polar surface area (TPSA) is 89.0 Å². The lowest BCUT2D eigenvalue weighted by molar-refractivity contribution is 0.112. The highest BCUT2D eigenvalue weighted by molar-refractivity contribution is 7.93. The fraction of sp³-hybridized carbons (Fsp3) is 0.0625. The Labute approximate surface area is 133 Å². The van der Waals surface area contributed by atoms with Crippen LogP contribution in [0.2, 0.25) is 0 Å². The molecule has 23 heavy (non-hydrogen) atoms. The number of sulfonamides is 1. The number of hydrogen-bond acceptors (Lipinski definition) is 5. The lowest BCUT2D eigenvalue weighted by Gasteiger charge is -2.12. The number of fused-ring (bicyclic) bond motifs is 1. The molecule has 0 radical (unpaired) electrons. The number of aryl methyl sites for hydroxylation is 1. The third kappa shape index (κ3) is 2.91. The Morgan fingerprint density at radius 2 is 1.87 bits per heavy atom. The molecule has 2 aromatic carbocycles. The predicted molar refractivity (Wildman–Crippen MR) is 86.9 cm³/mol. The highest BCUT2D eigenvalue weighted by Gasteiger charge is 2.20. The van der Waals surface area contributed by atoms with Crippen molar-refractivity contribution in [2.45, 2.75) is 11.8 Å². The van der Waals surface area contributed by atoms with E-state index in [1.54, 1.807) is 30.3 Å². The number of nitrogens with zero attached hydrogens (tertiary/aromatic N) is 2. The summed E-state index contributed by atoms with van der Waals surface area (Å²) in [5, 5.41) is 0. The highest BCUT2D eigenvalue weighted by atomic mass is 32.2. The molecule has 0 amide bonds. The van der Waals surface area contributed by atoms with E-state index in [4.69, 9.17) is 0 Å². The number of carbonyl (C=O) groups excluding carboxylic acids is 1. The number of aromatic nitrogens is 2. The van der Waals surface area contributed by atoms with Crippen molar-refractivity contribution in [3.63, 3.8) is 0 Å². The number of hydrogen-bond donors (Lipinski definition) is 1. The average Bonchev–Trinajstić information content (AvgIpc) is 2.54. The van der Waals surface area contributed by atoms with Crippen molar-refractivity contribution >= 4 is 33.0 Å². The number of nitrogens with one attached hydrogen (secondary N) is 1. The van der Waals surface area contributed by atoms with Crippen LogP contribution < -0.4 is 4.72 Å². The molecule has 6 nitrogen and oxygen atoms in total. The summed E-state index contributed by atoms with van der Waals surface area (Å²) in [5.74, 6) is 0. The van der Waals surface area contributed by atoms with Crippen molar-refractivity contribution in [1.82, 2.24) is 9.97 Å². The van der Waals surface area contributed by atoms with Crippen LogP contribution in [0.25, 0.3) is 11.0 Å². The first-order valence-corrected chi connectivity index (χ1v) is 8.28. The largest absolute Gasteiger partial charge is 0.298 e. The van der Waals surface area contributed by atoms with E-state index >= 15 is 0 Å². The van der Waals surface area contributed by atoms with E-state index in [-0.39, 0.29) is 21.7 Å². The Morgan fingerprint density at radius 1 is 1.09 bits per heavy atom. The molecule has 0 aliphatic carbocycles. The first kappa shape index (κ1) is 15.1. The highest BCUT2D eigenvalue weighted by Crippen LogP contribution is 2.24. The Hall–Kier alpha value is -2.80. The number of anilines is 1. The average molecular weight is 327 g/mol. The van der Waals surface area contributed by atoms with E-state index in [1.165, 1.54) is 18.5 Å². The lowest BCUT2D eigenvalue weighted by Crippen LogP contribution is -2.15. The van der Waals surface area contributed by atoms with Crippen LogP contribution >= 0.6 is 0 Å². The maximum absolute atomic E-state index is 12.7. The second-order valence-corrected chi connectivity index (χ2v) is 6.65. The molecule has 1 heterocycles. The Morgan fingerprint density at radius 3 is 2.65 bits per heavy atom. The maximum atomic E-state index is 12.7. The van der Waals surface area contributed by atoms with Gasteiger partial charge in [-0.2, -0.15) is 0 Å². The molecule has 0 unspecified atom stereocenters. The summed E-state index contributed by atoms with van der Waals surface area (Å²) >= 11 is 0. The molecule has 0 aliphatic heterocycles. The van der Waals surface area contributed by atoms with Gasteiger partial charge in [-0.15, -0.1) is 0 Å². The summed E-state index contributed by atoms with van der Waals surface area (Å²) in [6, 6.07) is 9.66. The van der Waals surface area contributed by atoms with Crippen molar-refractivity contribution < 1.29 is 13.2 Å². The van der Waals surface area contributed by atoms with Crippen LogP contribution in [0, 0.1) is 6.92 Å². The van der Waals surface area contributed by atoms with E-state index in [1.807, 2.05) is 6.92 Å². The van der Waals surface area contributed by atoms with Crippen LogP contribution in [0.5, 0.6) is 0 Å². The third-order valence-corrected chi connectivity index (χ3v) is 4.73. The third-order valence-electron chi connectivity index (χ3n) is 3.33. The van der Waals surface area contributed by atoms with Gasteiger partial charge in [-0.1, -0.05) is 12.1 Å². The molecular formula is C16H13N3O3S. The molecule has 0 saturated carbocycles. The van der Waals surface area contributed by atoms with Crippen LogP contribution in [0.15, 0.2) is 53.7 Å². The Bertz CT molecular complexity index is 995. The summed E-state index contributed by atoms with van der Waals surface area (Å²) in [6.45, 7) is 1.82. The van der Waals surface area contributed by atoms with Crippen molar-refractivity contribution in [2.75, 3.05) is 4.72 Å². The van der Waals surface area contributed by atoms with Crippen LogP contribution in [0.3, 0.4) is 0 Å². The Balaban J connectivity index is 2.12. The van der Waals surface area contributed by atoms with Gasteiger partial charge in [0, 0.05) is 18.0 Å². The second kappa shape index (κ2) is 5.77. The summed E-state index contributed by atoms with van der Waals surface area (Å²) in [7, 11) is -3.90. The van der Waals surface area contributed by atoms with Gasteiger partial charge in [0.2, 0.25) is 0 Å². The summed E-state index contributed by atoms with van der Waals surface area (Å²) < 4.78 is 27.9. The second-order valence-electron chi connectivity index (χ2n) is 4.99. The molecule has 0 aliphatic rings. The molecule has 3 aromatic rings. The van der Waals surface area contributed by atoms with Crippen molar-refractivity contribution in [3.8, 4) is 0 Å². The van der Waals surface area contributed by atoms with Gasteiger partial charge < -0.3 is 0 Å². The molecule has 0 fully saturated rings. The molecular weight excluding hydrogens is 314 g/mol. The summed E-state index contributed by atoms with van der Waals surface area (Å²) in [6.07, 6.45) is 3.54. The van der Waals surface area contributed by atoms with E-state index in [0.717, 1.165) is 5.56 Å². The normalized spacial score (nSPS) is 11.3. The minimum absolute atomic E-state index is 0.0152. The molecule has 7 heteroatoms. The molecule has 3 rings (SSSR count). The predicted octanol–water partition coefficient (Wildman–Crippen LogP) is 2.55. The number of rotatable bonds is 4. The molecule has 0 atom stereocenters. The molecule has 0 saturated heterocycles. The maximum Gasteiger partial charge on any atom is 0.264 e. The monoisotopic (exact) mass is 327 g/mol. The molecule has 0 spiro atoms. The van der Waals surface area contributed by atoms with E-state index in [2.05, 4.69) is 14.7 Å². The van der Waals surface area contributed by atoms with Gasteiger partial charge in [-0.3, -0.25) is 19.5 Å². The Kier molecular flexibility index (Phi) is 3.79. The molecule has 1 aromatic heterocycles. The van der Waals surface area contributed by atoms with E-state index in [9.17, 15) is 13.2 Å². The zero-order valence-electron chi connectivity index (χ0n) is 12.2. The number of benzene rings is 2. The van der Waals surface area contributed by atoms with Gasteiger partial charge in [0.25, 0.3) is 10.0 Å². The fourth-order valence-electron chi connectivity index (χ4n) is 2.24. The quantitative estimate of drug-likeness (QED) is 0.744. The smallest absolute Gasteiger partial charge is 0.264 e. The van der Waals surface area contributed by atoms with E-state index in [0.29, 0.717) is 11.8 Å². The van der Waals surface area contributed by atoms with Crippen LogP contribution in [-0.2, 0) is 10.0 Å². The summed E-state index contributed by atoms with van der Waals surface area (Å²) in [5.41, 5.74) is 2.11. The van der Waals surface area contributed by atoms with Gasteiger partial charge in [-0.25, -0.2) is 8.42 Å². The number of carbonyl (C=O) groups is 1. The number of aldehydes is 1. The van der Waals surface area contributed by atoms with Gasteiger partial charge >= 0.3 is 0 Å². The minimum Gasteiger partial charge on any atom is -0.298 e. The van der Waals surface area contributed by atoms with Gasteiger partial charge in [-0.05, 0) is 36.8 Å². The van der Waals surface area contributed by atoms with Crippen LogP contribution in [0.4, 0.5) is 5.69 Å². The van der Waals surface area contributed by atoms with Crippen molar-refractivity contribution in [2.24, 2.45) is 0 Å². The molecule has 116 valence electrons. The molecule has 0 bridgehead atoms. The van der Waals surface area contributed by atoms with E-state index < -0.39 is 10.0 Å². The first-order chi connectivity index (χ1) is 11.0. The van der Waals surface area contributed by atoms with Crippen molar-refractivity contribution in [1.29, 1.82) is 0 Å². The lowest BCUT2D eigenvalue weighted by atomic mass is 10.1. The minimum atomic E-state index is -3.90.